The van der Waals surface area contributed by atoms with Crippen LogP contribution in [0.4, 0.5) is 0 Å². The highest BCUT2D eigenvalue weighted by Gasteiger charge is 2.29. The topological polar surface area (TPSA) is 63.9 Å². The van der Waals surface area contributed by atoms with E-state index in [0.29, 0.717) is 0 Å². The normalized spacial score (nSPS) is 13.8. The maximum Gasteiger partial charge on any atom is 0.116 e. The van der Waals surface area contributed by atoms with E-state index >= 15 is 0 Å². The number of unbranched alkanes of at least 4 members (excludes halogenated alkanes) is 7. The molecule has 0 aliphatic heterocycles. The van der Waals surface area contributed by atoms with Crippen molar-refractivity contribution in [3.05, 3.63) is 46.6 Å². The molecule has 0 saturated heterocycles. The molecule has 5 rings (SSSR count). The van der Waals surface area contributed by atoms with Gasteiger partial charge in [0.25, 0.3) is 0 Å². The molecular formula is C27H31N5S. The number of rotatable bonds is 9. The van der Waals surface area contributed by atoms with E-state index in [0.717, 1.165) is 74.4 Å². The summed E-state index contributed by atoms with van der Waals surface area (Å²) < 4.78 is 9.02. The molecule has 0 spiro atoms. The first-order valence-corrected chi connectivity index (χ1v) is 13.0. The Morgan fingerprint density at radius 3 is 1.94 bits per heavy atom. The molecule has 2 heterocycles. The van der Waals surface area contributed by atoms with E-state index in [4.69, 9.17) is 15.0 Å². The zero-order valence-corrected chi connectivity index (χ0v) is 20.6. The summed E-state index contributed by atoms with van der Waals surface area (Å²) in [6.07, 6.45) is 10.4. The van der Waals surface area contributed by atoms with Crippen LogP contribution in [-0.2, 0) is 0 Å². The average Bonchev–Trinajstić information content (AvgIpc) is 3.44. The maximum atomic E-state index is 5.14. The van der Waals surface area contributed by atoms with Gasteiger partial charge in [-0.3, -0.25) is 4.99 Å². The molecule has 0 N–H and O–H groups in total. The lowest BCUT2D eigenvalue weighted by Crippen LogP contribution is -2.05. The van der Waals surface area contributed by atoms with E-state index in [1.165, 1.54) is 56.7 Å². The van der Waals surface area contributed by atoms with Crippen molar-refractivity contribution in [2.75, 3.05) is 6.54 Å². The molecule has 1 aliphatic carbocycles. The van der Waals surface area contributed by atoms with Crippen LogP contribution in [-0.4, -0.2) is 31.0 Å². The second kappa shape index (κ2) is 9.64. The van der Waals surface area contributed by atoms with Crippen molar-refractivity contribution < 1.29 is 0 Å². The first kappa shape index (κ1) is 22.1. The van der Waals surface area contributed by atoms with E-state index < -0.39 is 0 Å². The fraction of sp³-hybridized carbons (Fsp3) is 0.444. The standard InChI is InChI=1S/C27H31N5S/c1-4-5-6-7-8-9-10-13-16-28-25-19-14-11-12-15-20(19)26-27(25)30-22-18(3)24-23(31-33-32-24)17(2)21(22)29-26/h11-12,14-15H,4-10,13,16H2,1-3H3. The van der Waals surface area contributed by atoms with E-state index in [1.54, 1.807) is 0 Å². The van der Waals surface area contributed by atoms with Crippen molar-refractivity contribution in [3.63, 3.8) is 0 Å². The van der Waals surface area contributed by atoms with Crippen molar-refractivity contribution in [2.45, 2.75) is 72.1 Å². The maximum absolute atomic E-state index is 5.14. The zero-order valence-electron chi connectivity index (χ0n) is 19.8. The summed E-state index contributed by atoms with van der Waals surface area (Å²) in [7, 11) is 0. The van der Waals surface area contributed by atoms with Crippen molar-refractivity contribution in [2.24, 2.45) is 4.99 Å². The third kappa shape index (κ3) is 4.05. The summed E-state index contributed by atoms with van der Waals surface area (Å²) in [5.41, 5.74) is 10.9. The third-order valence-electron chi connectivity index (χ3n) is 6.75. The first-order chi connectivity index (χ1) is 16.2. The number of benzene rings is 2. The number of nitrogens with zero attached hydrogens (tertiary/aromatic N) is 5. The minimum Gasteiger partial charge on any atom is -0.282 e. The molecule has 2 aromatic carbocycles. The molecule has 170 valence electrons. The molecule has 0 amide bonds. The van der Waals surface area contributed by atoms with Crippen LogP contribution in [0.2, 0.25) is 0 Å². The van der Waals surface area contributed by atoms with Crippen LogP contribution in [0, 0.1) is 13.8 Å². The predicted octanol–water partition coefficient (Wildman–Crippen LogP) is 7.21. The summed E-state index contributed by atoms with van der Waals surface area (Å²) >= 11 is 1.25. The minimum absolute atomic E-state index is 0.838. The number of aryl methyl sites for hydroxylation is 2. The summed E-state index contributed by atoms with van der Waals surface area (Å²) in [6, 6.07) is 8.44. The van der Waals surface area contributed by atoms with Crippen LogP contribution < -0.4 is 0 Å². The van der Waals surface area contributed by atoms with E-state index in [2.05, 4.69) is 53.8 Å². The fourth-order valence-electron chi connectivity index (χ4n) is 4.84. The molecule has 0 radical (unpaired) electrons. The largest absolute Gasteiger partial charge is 0.282 e. The number of aromatic nitrogens is 4. The molecule has 0 saturated carbocycles. The number of hydrogen-bond acceptors (Lipinski definition) is 6. The molecule has 0 unspecified atom stereocenters. The van der Waals surface area contributed by atoms with Crippen LogP contribution >= 0.6 is 11.7 Å². The SMILES string of the molecule is CCCCCCCCCCN=C1c2ccccc2-c2nc3c(C)c4nsnc4c(C)c3nc21. The molecule has 0 atom stereocenters. The molecule has 5 nitrogen and oxygen atoms in total. The quantitative estimate of drug-likeness (QED) is 0.219. The lowest BCUT2D eigenvalue weighted by molar-refractivity contribution is 0.578. The Labute approximate surface area is 199 Å². The van der Waals surface area contributed by atoms with Gasteiger partial charge in [-0.15, -0.1) is 0 Å². The summed E-state index contributed by atoms with van der Waals surface area (Å²) in [4.78, 5) is 15.3. The average molecular weight is 458 g/mol. The molecule has 6 heteroatoms. The van der Waals surface area contributed by atoms with E-state index in [-0.39, 0.29) is 0 Å². The van der Waals surface area contributed by atoms with Gasteiger partial charge >= 0.3 is 0 Å². The third-order valence-corrected chi connectivity index (χ3v) is 7.28. The Morgan fingerprint density at radius 2 is 1.27 bits per heavy atom. The number of aliphatic imine (C=N–C) groups is 1. The molecule has 4 aromatic rings. The van der Waals surface area contributed by atoms with Crippen LogP contribution in [0.5, 0.6) is 0 Å². The van der Waals surface area contributed by atoms with Gasteiger partial charge in [0.05, 0.1) is 34.2 Å². The highest BCUT2D eigenvalue weighted by atomic mass is 32.1. The van der Waals surface area contributed by atoms with E-state index in [1.807, 2.05) is 0 Å². The molecule has 1 aliphatic rings. The Morgan fingerprint density at radius 1 is 0.697 bits per heavy atom. The van der Waals surface area contributed by atoms with Gasteiger partial charge in [0, 0.05) is 28.8 Å². The zero-order chi connectivity index (χ0) is 22.8. The monoisotopic (exact) mass is 457 g/mol. The van der Waals surface area contributed by atoms with Crippen molar-refractivity contribution in [1.82, 2.24) is 18.7 Å². The lowest BCUT2D eigenvalue weighted by Gasteiger charge is -2.09. The van der Waals surface area contributed by atoms with Crippen LogP contribution in [0.15, 0.2) is 29.3 Å². The molecule has 0 fully saturated rings. The van der Waals surface area contributed by atoms with Gasteiger partial charge < -0.3 is 0 Å². The molecule has 33 heavy (non-hydrogen) atoms. The molecular weight excluding hydrogens is 426 g/mol. The van der Waals surface area contributed by atoms with Gasteiger partial charge in [0.2, 0.25) is 0 Å². The number of fused-ring (bicyclic) bond motifs is 5. The van der Waals surface area contributed by atoms with Crippen LogP contribution in [0.1, 0.15) is 80.7 Å². The van der Waals surface area contributed by atoms with Crippen LogP contribution in [0.25, 0.3) is 33.3 Å². The highest BCUT2D eigenvalue weighted by Crippen LogP contribution is 2.38. The second-order valence-electron chi connectivity index (χ2n) is 9.08. The van der Waals surface area contributed by atoms with E-state index in [9.17, 15) is 0 Å². The minimum atomic E-state index is 0.838. The molecule has 0 bridgehead atoms. The van der Waals surface area contributed by atoms with Crippen LogP contribution in [0.3, 0.4) is 0 Å². The smallest absolute Gasteiger partial charge is 0.116 e. The van der Waals surface area contributed by atoms with Crippen molar-refractivity contribution in [3.8, 4) is 11.3 Å². The van der Waals surface area contributed by atoms with Gasteiger partial charge in [0.1, 0.15) is 16.7 Å². The van der Waals surface area contributed by atoms with Gasteiger partial charge in [0.15, 0.2) is 0 Å². The van der Waals surface area contributed by atoms with Gasteiger partial charge in [-0.25, -0.2) is 9.97 Å². The number of hydrogen-bond donors (Lipinski definition) is 0. The predicted molar refractivity (Wildman–Crippen MR) is 139 cm³/mol. The summed E-state index contributed by atoms with van der Waals surface area (Å²) in [5.74, 6) is 0. The Balaban J connectivity index is 1.44. The van der Waals surface area contributed by atoms with Gasteiger partial charge in [-0.05, 0) is 20.3 Å². The first-order valence-electron chi connectivity index (χ1n) is 12.3. The Hall–Kier alpha value is -2.73. The highest BCUT2D eigenvalue weighted by molar-refractivity contribution is 7.00. The fourth-order valence-corrected chi connectivity index (χ4v) is 5.49. The Bertz CT molecular complexity index is 1340. The Kier molecular flexibility index (Phi) is 6.45. The summed E-state index contributed by atoms with van der Waals surface area (Å²) in [5, 5.41) is 0. The summed E-state index contributed by atoms with van der Waals surface area (Å²) in [6.45, 7) is 7.26. The van der Waals surface area contributed by atoms with Gasteiger partial charge in [-0.2, -0.15) is 8.75 Å². The second-order valence-corrected chi connectivity index (χ2v) is 9.61. The lowest BCUT2D eigenvalue weighted by atomic mass is 10.1. The van der Waals surface area contributed by atoms with Crippen molar-refractivity contribution in [1.29, 1.82) is 0 Å². The van der Waals surface area contributed by atoms with Gasteiger partial charge in [-0.1, -0.05) is 76.1 Å². The van der Waals surface area contributed by atoms with Crippen molar-refractivity contribution >= 4 is 39.5 Å². The molecule has 2 aromatic heterocycles.